The molecule has 1 rings (SSSR count). The minimum Gasteiger partial charge on any atom is -0.392 e. The van der Waals surface area contributed by atoms with Gasteiger partial charge in [-0.05, 0) is 25.7 Å². The first kappa shape index (κ1) is 13.9. The lowest BCUT2D eigenvalue weighted by Gasteiger charge is -2.30. The Bertz CT molecular complexity index is 354. The van der Waals surface area contributed by atoms with E-state index >= 15 is 0 Å². The molecular formula is C10H20N2O2S2. The highest BCUT2D eigenvalue weighted by Crippen LogP contribution is 2.24. The van der Waals surface area contributed by atoms with Crippen molar-refractivity contribution >= 4 is 27.2 Å². The Hall–Kier alpha value is -0.200. The predicted octanol–water partition coefficient (Wildman–Crippen LogP) is 1.16. The van der Waals surface area contributed by atoms with E-state index in [1.165, 1.54) is 13.3 Å². The average molecular weight is 264 g/mol. The van der Waals surface area contributed by atoms with Gasteiger partial charge in [-0.15, -0.1) is 0 Å². The summed E-state index contributed by atoms with van der Waals surface area (Å²) in [6.45, 7) is 3.61. The largest absolute Gasteiger partial charge is 0.392 e. The van der Waals surface area contributed by atoms with Crippen molar-refractivity contribution in [2.24, 2.45) is 11.7 Å². The first-order valence-electron chi connectivity index (χ1n) is 5.65. The molecule has 1 aliphatic rings. The molecule has 3 unspecified atom stereocenters. The van der Waals surface area contributed by atoms with Gasteiger partial charge in [0.05, 0.1) is 4.99 Å². The maximum atomic E-state index is 11.9. The fourth-order valence-electron chi connectivity index (χ4n) is 1.96. The van der Waals surface area contributed by atoms with Crippen LogP contribution >= 0.6 is 12.2 Å². The molecule has 0 spiro atoms. The molecule has 1 aliphatic carbocycles. The number of sulfonamides is 1. The van der Waals surface area contributed by atoms with Crippen LogP contribution in [0.2, 0.25) is 0 Å². The van der Waals surface area contributed by atoms with E-state index < -0.39 is 15.3 Å². The molecule has 0 amide bonds. The van der Waals surface area contributed by atoms with Crippen molar-refractivity contribution in [3.8, 4) is 0 Å². The smallest absolute Gasteiger partial charge is 0.220 e. The quantitative estimate of drug-likeness (QED) is 0.747. The highest BCUT2D eigenvalue weighted by Gasteiger charge is 2.30. The van der Waals surface area contributed by atoms with Crippen LogP contribution in [0.15, 0.2) is 0 Å². The van der Waals surface area contributed by atoms with E-state index in [4.69, 9.17) is 18.0 Å². The number of hydrogen-bond donors (Lipinski definition) is 2. The van der Waals surface area contributed by atoms with E-state index in [-0.39, 0.29) is 11.0 Å². The maximum absolute atomic E-state index is 11.9. The average Bonchev–Trinajstić information content (AvgIpc) is 2.20. The Morgan fingerprint density at radius 2 is 2.00 bits per heavy atom. The Balaban J connectivity index is 2.68. The van der Waals surface area contributed by atoms with Gasteiger partial charge in [0.25, 0.3) is 0 Å². The van der Waals surface area contributed by atoms with E-state index in [0.29, 0.717) is 5.92 Å². The van der Waals surface area contributed by atoms with Crippen LogP contribution < -0.4 is 10.5 Å². The zero-order chi connectivity index (χ0) is 12.3. The fraction of sp³-hybridized carbons (Fsp3) is 0.900. The van der Waals surface area contributed by atoms with Crippen molar-refractivity contribution < 1.29 is 8.42 Å². The zero-order valence-corrected chi connectivity index (χ0v) is 11.4. The molecule has 1 saturated carbocycles. The summed E-state index contributed by atoms with van der Waals surface area (Å²) in [5.74, 6) is 0.391. The van der Waals surface area contributed by atoms with Crippen molar-refractivity contribution in [3.63, 3.8) is 0 Å². The molecule has 94 valence electrons. The predicted molar refractivity (Wildman–Crippen MR) is 69.7 cm³/mol. The highest BCUT2D eigenvalue weighted by atomic mass is 32.2. The molecule has 3 N–H and O–H groups in total. The monoisotopic (exact) mass is 264 g/mol. The number of nitrogens with one attached hydrogen (secondary N) is 1. The molecule has 3 atom stereocenters. The van der Waals surface area contributed by atoms with Crippen LogP contribution in [0.3, 0.4) is 0 Å². The third-order valence-electron chi connectivity index (χ3n) is 3.29. The minimum absolute atomic E-state index is 0.0240. The molecule has 0 aromatic heterocycles. The van der Waals surface area contributed by atoms with Crippen molar-refractivity contribution in [1.82, 2.24) is 4.72 Å². The summed E-state index contributed by atoms with van der Waals surface area (Å²) in [6.07, 6.45) is 4.25. The Labute approximate surface area is 103 Å². The van der Waals surface area contributed by atoms with Gasteiger partial charge in [-0.3, -0.25) is 0 Å². The molecule has 16 heavy (non-hydrogen) atoms. The first-order valence-corrected chi connectivity index (χ1v) is 7.60. The molecule has 6 heteroatoms. The van der Waals surface area contributed by atoms with E-state index in [9.17, 15) is 8.42 Å². The molecule has 0 saturated heterocycles. The molecule has 1 fully saturated rings. The molecule has 4 nitrogen and oxygen atoms in total. The number of hydrogen-bond acceptors (Lipinski definition) is 3. The normalized spacial score (nSPS) is 28.6. The Morgan fingerprint density at radius 3 is 2.50 bits per heavy atom. The minimum atomic E-state index is -3.41. The van der Waals surface area contributed by atoms with E-state index in [2.05, 4.69) is 11.6 Å². The van der Waals surface area contributed by atoms with Gasteiger partial charge in [0, 0.05) is 6.04 Å². The lowest BCUT2D eigenvalue weighted by Crippen LogP contribution is -2.47. The van der Waals surface area contributed by atoms with Crippen molar-refractivity contribution in [1.29, 1.82) is 0 Å². The zero-order valence-electron chi connectivity index (χ0n) is 9.77. The van der Waals surface area contributed by atoms with E-state index in [1.807, 2.05) is 0 Å². The second-order valence-electron chi connectivity index (χ2n) is 4.58. The Morgan fingerprint density at radius 1 is 1.44 bits per heavy atom. The van der Waals surface area contributed by atoms with Gasteiger partial charge >= 0.3 is 0 Å². The molecule has 0 aromatic carbocycles. The van der Waals surface area contributed by atoms with Gasteiger partial charge in [0.1, 0.15) is 5.25 Å². The summed E-state index contributed by atoms with van der Waals surface area (Å²) in [7, 11) is -3.41. The number of thiocarbonyl (C=S) groups is 1. The lowest BCUT2D eigenvalue weighted by atomic mass is 9.87. The van der Waals surface area contributed by atoms with Crippen LogP contribution in [-0.2, 0) is 10.0 Å². The molecule has 0 bridgehead atoms. The topological polar surface area (TPSA) is 72.2 Å². The molecule has 0 heterocycles. The molecule has 0 radical (unpaired) electrons. The third kappa shape index (κ3) is 3.40. The summed E-state index contributed by atoms with van der Waals surface area (Å²) in [5.41, 5.74) is 5.37. The van der Waals surface area contributed by atoms with Gasteiger partial charge in [0.15, 0.2) is 0 Å². The van der Waals surface area contributed by atoms with Crippen LogP contribution in [0.4, 0.5) is 0 Å². The maximum Gasteiger partial charge on any atom is 0.220 e. The van der Waals surface area contributed by atoms with Crippen LogP contribution in [0, 0.1) is 5.92 Å². The molecule has 0 aliphatic heterocycles. The van der Waals surface area contributed by atoms with Gasteiger partial charge in [-0.1, -0.05) is 32.0 Å². The van der Waals surface area contributed by atoms with Crippen LogP contribution in [0.25, 0.3) is 0 Å². The van der Waals surface area contributed by atoms with Crippen LogP contribution in [-0.4, -0.2) is 24.7 Å². The lowest BCUT2D eigenvalue weighted by molar-refractivity contribution is 0.310. The Kier molecular flexibility index (Phi) is 4.70. The van der Waals surface area contributed by atoms with Crippen LogP contribution in [0.1, 0.15) is 39.5 Å². The van der Waals surface area contributed by atoms with E-state index in [0.717, 1.165) is 19.3 Å². The highest BCUT2D eigenvalue weighted by molar-refractivity contribution is 7.93. The first-order chi connectivity index (χ1) is 7.34. The fourth-order valence-corrected chi connectivity index (χ4v) is 3.62. The van der Waals surface area contributed by atoms with Crippen LogP contribution in [0.5, 0.6) is 0 Å². The van der Waals surface area contributed by atoms with Gasteiger partial charge < -0.3 is 5.73 Å². The van der Waals surface area contributed by atoms with Crippen molar-refractivity contribution in [3.05, 3.63) is 0 Å². The SMILES string of the molecule is CC1CCCCC1NS(=O)(=O)C(C)C(N)=S. The molecular weight excluding hydrogens is 244 g/mol. The summed E-state index contributed by atoms with van der Waals surface area (Å²) in [5, 5.41) is -0.795. The second-order valence-corrected chi connectivity index (χ2v) is 7.08. The summed E-state index contributed by atoms with van der Waals surface area (Å²) in [6, 6.07) is 0.0375. The summed E-state index contributed by atoms with van der Waals surface area (Å²) < 4.78 is 26.5. The van der Waals surface area contributed by atoms with E-state index in [1.54, 1.807) is 0 Å². The number of rotatable bonds is 4. The van der Waals surface area contributed by atoms with Gasteiger partial charge in [-0.2, -0.15) is 0 Å². The summed E-state index contributed by atoms with van der Waals surface area (Å²) in [4.78, 5) is 0.0240. The van der Waals surface area contributed by atoms with Gasteiger partial charge in [-0.25, -0.2) is 13.1 Å². The standard InChI is InChI=1S/C10H20N2O2S2/c1-7-5-3-4-6-9(7)12-16(13,14)8(2)10(11)15/h7-9,12H,3-6H2,1-2H3,(H2,11,15). The second kappa shape index (κ2) is 5.42. The third-order valence-corrected chi connectivity index (χ3v) is 5.61. The van der Waals surface area contributed by atoms with Crippen molar-refractivity contribution in [2.75, 3.05) is 0 Å². The molecule has 0 aromatic rings. The van der Waals surface area contributed by atoms with Gasteiger partial charge in [0.2, 0.25) is 10.0 Å². The number of nitrogens with two attached hydrogens (primary N) is 1. The summed E-state index contributed by atoms with van der Waals surface area (Å²) >= 11 is 4.72. The van der Waals surface area contributed by atoms with Crippen molar-refractivity contribution in [2.45, 2.75) is 50.8 Å².